The molecule has 0 aliphatic carbocycles. The number of halogens is 2. The first-order chi connectivity index (χ1) is 10.1. The van der Waals surface area contributed by atoms with Gasteiger partial charge in [-0.15, -0.1) is 0 Å². The zero-order valence-corrected chi connectivity index (χ0v) is 13.3. The van der Waals surface area contributed by atoms with Crippen LogP contribution in [-0.4, -0.2) is 44.2 Å². The third-order valence-electron chi connectivity index (χ3n) is 3.24. The van der Waals surface area contributed by atoms with Crippen molar-refractivity contribution in [1.29, 1.82) is 0 Å². The number of methoxy groups -OCH3 is 1. The summed E-state index contributed by atoms with van der Waals surface area (Å²) in [6, 6.07) is 5.18. The number of hydrogen-bond acceptors (Lipinski definition) is 4. The minimum atomic E-state index is -0.259. The van der Waals surface area contributed by atoms with Gasteiger partial charge in [0.25, 0.3) is 0 Å². The highest BCUT2D eigenvalue weighted by atomic mass is 35.5. The quantitative estimate of drug-likeness (QED) is 0.778. The van der Waals surface area contributed by atoms with Gasteiger partial charge in [0.05, 0.1) is 17.2 Å². The van der Waals surface area contributed by atoms with E-state index in [0.29, 0.717) is 34.5 Å². The van der Waals surface area contributed by atoms with Gasteiger partial charge in [-0.3, -0.25) is 4.90 Å². The van der Waals surface area contributed by atoms with Gasteiger partial charge in [-0.05, 0) is 18.6 Å². The van der Waals surface area contributed by atoms with Crippen LogP contribution in [-0.2, 0) is 9.53 Å². The largest absolute Gasteiger partial charge is 0.492 e. The summed E-state index contributed by atoms with van der Waals surface area (Å²) in [6.45, 7) is 2.75. The molecular formula is C15H17Cl2NO3. The third-order valence-corrected chi connectivity index (χ3v) is 3.98. The van der Waals surface area contributed by atoms with Gasteiger partial charge in [0, 0.05) is 31.3 Å². The van der Waals surface area contributed by atoms with Crippen molar-refractivity contribution in [2.24, 2.45) is 0 Å². The smallest absolute Gasteiger partial charge is 0.334 e. The van der Waals surface area contributed by atoms with Crippen LogP contribution < -0.4 is 4.74 Å². The van der Waals surface area contributed by atoms with E-state index in [4.69, 9.17) is 32.7 Å². The highest BCUT2D eigenvalue weighted by Gasteiger charge is 2.18. The normalized spacial score (nSPS) is 15.5. The van der Waals surface area contributed by atoms with Crippen molar-refractivity contribution in [2.45, 2.75) is 6.42 Å². The maximum Gasteiger partial charge on any atom is 0.334 e. The summed E-state index contributed by atoms with van der Waals surface area (Å²) in [6.07, 6.45) is 2.78. The maximum absolute atomic E-state index is 11.5. The van der Waals surface area contributed by atoms with Gasteiger partial charge in [-0.25, -0.2) is 4.79 Å². The van der Waals surface area contributed by atoms with Gasteiger partial charge in [0.15, 0.2) is 0 Å². The van der Waals surface area contributed by atoms with Gasteiger partial charge < -0.3 is 9.47 Å². The van der Waals surface area contributed by atoms with Crippen LogP contribution in [0.25, 0.3) is 0 Å². The summed E-state index contributed by atoms with van der Waals surface area (Å²) in [7, 11) is 1.40. The van der Waals surface area contributed by atoms with Crippen molar-refractivity contribution in [1.82, 2.24) is 4.90 Å². The van der Waals surface area contributed by atoms with Gasteiger partial charge in [-0.2, -0.15) is 0 Å². The van der Waals surface area contributed by atoms with Crippen LogP contribution >= 0.6 is 23.2 Å². The first-order valence-corrected chi connectivity index (χ1v) is 7.43. The van der Waals surface area contributed by atoms with E-state index in [0.717, 1.165) is 19.5 Å². The summed E-state index contributed by atoms with van der Waals surface area (Å²) in [5.74, 6) is 0.426. The molecule has 0 fully saturated rings. The molecule has 6 heteroatoms. The van der Waals surface area contributed by atoms with Gasteiger partial charge in [-0.1, -0.05) is 29.3 Å². The Balaban J connectivity index is 1.80. The van der Waals surface area contributed by atoms with Gasteiger partial charge in [0.2, 0.25) is 0 Å². The molecule has 1 aliphatic heterocycles. The van der Waals surface area contributed by atoms with E-state index in [2.05, 4.69) is 4.90 Å². The average Bonchev–Trinajstić information content (AvgIpc) is 2.50. The van der Waals surface area contributed by atoms with Gasteiger partial charge in [0.1, 0.15) is 12.4 Å². The van der Waals surface area contributed by atoms with E-state index in [9.17, 15) is 4.79 Å². The minimum absolute atomic E-state index is 0.259. The van der Waals surface area contributed by atoms with E-state index < -0.39 is 0 Å². The number of carbonyl (C=O) groups is 1. The first-order valence-electron chi connectivity index (χ1n) is 6.67. The molecule has 0 saturated heterocycles. The van der Waals surface area contributed by atoms with E-state index in [1.54, 1.807) is 18.2 Å². The molecular weight excluding hydrogens is 313 g/mol. The molecule has 0 amide bonds. The predicted molar refractivity (Wildman–Crippen MR) is 83.1 cm³/mol. The summed E-state index contributed by atoms with van der Waals surface area (Å²) in [5.41, 5.74) is 0.707. The molecule has 0 N–H and O–H groups in total. The predicted octanol–water partition coefficient (Wildman–Crippen LogP) is 3.18. The zero-order valence-electron chi connectivity index (χ0n) is 11.8. The Labute approximate surface area is 134 Å². The third kappa shape index (κ3) is 4.63. The summed E-state index contributed by atoms with van der Waals surface area (Å²) < 4.78 is 10.4. The Morgan fingerprint density at radius 3 is 2.86 bits per heavy atom. The van der Waals surface area contributed by atoms with Crippen LogP contribution in [0, 0.1) is 0 Å². The van der Waals surface area contributed by atoms with E-state index in [-0.39, 0.29) is 5.97 Å². The molecule has 0 spiro atoms. The summed E-state index contributed by atoms with van der Waals surface area (Å²) >= 11 is 11.8. The lowest BCUT2D eigenvalue weighted by Gasteiger charge is -2.26. The summed E-state index contributed by atoms with van der Waals surface area (Å²) in [4.78, 5) is 13.7. The molecule has 1 aromatic rings. The molecule has 1 aliphatic rings. The van der Waals surface area contributed by atoms with Crippen molar-refractivity contribution in [2.75, 3.05) is 33.4 Å². The number of rotatable bonds is 5. The molecule has 0 bridgehead atoms. The Morgan fingerprint density at radius 1 is 1.33 bits per heavy atom. The SMILES string of the molecule is COC(=O)C1=CCCN(CCOc2ccc(Cl)c(Cl)c2)C1. The molecule has 0 saturated carbocycles. The van der Waals surface area contributed by atoms with Crippen molar-refractivity contribution in [3.8, 4) is 5.75 Å². The number of carbonyl (C=O) groups excluding carboxylic acids is 1. The molecule has 0 radical (unpaired) electrons. The molecule has 0 atom stereocenters. The molecule has 1 aromatic carbocycles. The number of nitrogens with zero attached hydrogens (tertiary/aromatic N) is 1. The lowest BCUT2D eigenvalue weighted by molar-refractivity contribution is -0.136. The van der Waals surface area contributed by atoms with Crippen molar-refractivity contribution in [3.05, 3.63) is 39.9 Å². The van der Waals surface area contributed by atoms with E-state index in [1.807, 2.05) is 6.08 Å². The Hall–Kier alpha value is -1.23. The standard InChI is InChI=1S/C15H17Cl2NO3/c1-20-15(19)11-3-2-6-18(10-11)7-8-21-12-4-5-13(16)14(17)9-12/h3-5,9H,2,6-8,10H2,1H3. The Morgan fingerprint density at radius 2 is 2.14 bits per heavy atom. The number of benzene rings is 1. The first kappa shape index (κ1) is 16.1. The highest BCUT2D eigenvalue weighted by molar-refractivity contribution is 6.42. The minimum Gasteiger partial charge on any atom is -0.492 e. The monoisotopic (exact) mass is 329 g/mol. The Kier molecular flexibility index (Phi) is 5.91. The maximum atomic E-state index is 11.5. The second kappa shape index (κ2) is 7.69. The van der Waals surface area contributed by atoms with Crippen LogP contribution in [0.1, 0.15) is 6.42 Å². The number of ether oxygens (including phenoxy) is 2. The fraction of sp³-hybridized carbons (Fsp3) is 0.400. The van der Waals surface area contributed by atoms with Crippen molar-refractivity contribution >= 4 is 29.2 Å². The topological polar surface area (TPSA) is 38.8 Å². The fourth-order valence-electron chi connectivity index (χ4n) is 2.13. The molecule has 0 aromatic heterocycles. The van der Waals surface area contributed by atoms with Crippen LogP contribution in [0.5, 0.6) is 5.75 Å². The molecule has 4 nitrogen and oxygen atoms in total. The molecule has 2 rings (SSSR count). The van der Waals surface area contributed by atoms with Crippen LogP contribution in [0.3, 0.4) is 0 Å². The van der Waals surface area contributed by atoms with Crippen molar-refractivity contribution in [3.63, 3.8) is 0 Å². The Bertz CT molecular complexity index is 546. The number of esters is 1. The molecule has 1 heterocycles. The zero-order chi connectivity index (χ0) is 15.2. The van der Waals surface area contributed by atoms with Crippen molar-refractivity contribution < 1.29 is 14.3 Å². The lowest BCUT2D eigenvalue weighted by atomic mass is 10.1. The molecule has 114 valence electrons. The average molecular weight is 330 g/mol. The molecule has 21 heavy (non-hydrogen) atoms. The van der Waals surface area contributed by atoms with Crippen LogP contribution in [0.15, 0.2) is 29.8 Å². The van der Waals surface area contributed by atoms with E-state index >= 15 is 0 Å². The number of hydrogen-bond donors (Lipinski definition) is 0. The fourth-order valence-corrected chi connectivity index (χ4v) is 2.42. The lowest BCUT2D eigenvalue weighted by Crippen LogP contribution is -2.35. The summed E-state index contributed by atoms with van der Waals surface area (Å²) in [5, 5.41) is 0.982. The van der Waals surface area contributed by atoms with Crippen LogP contribution in [0.4, 0.5) is 0 Å². The molecule has 0 unspecified atom stereocenters. The van der Waals surface area contributed by atoms with Gasteiger partial charge >= 0.3 is 5.97 Å². The van der Waals surface area contributed by atoms with E-state index in [1.165, 1.54) is 7.11 Å². The second-order valence-electron chi connectivity index (χ2n) is 4.71. The van der Waals surface area contributed by atoms with Crippen LogP contribution in [0.2, 0.25) is 10.0 Å². The second-order valence-corrected chi connectivity index (χ2v) is 5.52. The highest BCUT2D eigenvalue weighted by Crippen LogP contribution is 2.26.